The van der Waals surface area contributed by atoms with Crippen LogP contribution in [0.25, 0.3) is 0 Å². The third kappa shape index (κ3) is 3.93. The van der Waals surface area contributed by atoms with Gasteiger partial charge in [-0.1, -0.05) is 54.6 Å². The van der Waals surface area contributed by atoms with Crippen LogP contribution in [0.1, 0.15) is 12.8 Å². The summed E-state index contributed by atoms with van der Waals surface area (Å²) >= 11 is 0. The quantitative estimate of drug-likeness (QED) is 0.484. The molecular formula is C25H24BrN2OP. The maximum absolute atomic E-state index is 13.6. The van der Waals surface area contributed by atoms with Gasteiger partial charge in [-0.2, -0.15) is 5.26 Å². The van der Waals surface area contributed by atoms with E-state index in [2.05, 4.69) is 78.9 Å². The van der Waals surface area contributed by atoms with E-state index in [4.69, 9.17) is 5.26 Å². The standard InChI is InChI=1S/C25H24N2OP.BrH/c26-18-10-19-27-20-17-24(25(27)28)29(21-11-4-1-5-12-21,22-13-6-2-7-14-22)23-15-8-3-9-16-23;/h1-9,11-16,24H,10,17,19-20H2;1H/q+1;/p-1/t24-;/m1./s1. The van der Waals surface area contributed by atoms with Gasteiger partial charge < -0.3 is 21.9 Å². The molecule has 5 heteroatoms. The van der Waals surface area contributed by atoms with Gasteiger partial charge in [0, 0.05) is 19.5 Å². The summed E-state index contributed by atoms with van der Waals surface area (Å²) in [6.45, 7) is 1.24. The molecule has 1 heterocycles. The van der Waals surface area contributed by atoms with Crippen molar-refractivity contribution >= 4 is 29.1 Å². The molecule has 0 unspecified atom stereocenters. The third-order valence-electron chi connectivity index (χ3n) is 5.72. The zero-order valence-electron chi connectivity index (χ0n) is 16.7. The summed E-state index contributed by atoms with van der Waals surface area (Å²) in [4.78, 5) is 15.5. The van der Waals surface area contributed by atoms with Crippen LogP contribution in [0.4, 0.5) is 0 Å². The number of amides is 1. The summed E-state index contributed by atoms with van der Waals surface area (Å²) in [5.74, 6) is 0.185. The lowest BCUT2D eigenvalue weighted by Gasteiger charge is -2.31. The van der Waals surface area contributed by atoms with Crippen LogP contribution >= 0.6 is 7.26 Å². The molecule has 0 spiro atoms. The zero-order valence-corrected chi connectivity index (χ0v) is 19.2. The molecule has 1 fully saturated rings. The summed E-state index contributed by atoms with van der Waals surface area (Å²) in [5, 5.41) is 12.7. The summed E-state index contributed by atoms with van der Waals surface area (Å²) in [6.07, 6.45) is 1.20. The number of halogens is 1. The van der Waals surface area contributed by atoms with Crippen molar-refractivity contribution < 1.29 is 21.8 Å². The van der Waals surface area contributed by atoms with E-state index in [1.54, 1.807) is 0 Å². The van der Waals surface area contributed by atoms with E-state index in [9.17, 15) is 4.79 Å². The fourth-order valence-corrected chi connectivity index (χ4v) is 9.36. The molecular weight excluding hydrogens is 455 g/mol. The Bertz CT molecular complexity index is 909. The molecule has 0 saturated carbocycles. The van der Waals surface area contributed by atoms with Crippen molar-refractivity contribution in [1.82, 2.24) is 4.90 Å². The first-order chi connectivity index (χ1) is 14.3. The predicted molar refractivity (Wildman–Crippen MR) is 120 cm³/mol. The SMILES string of the molecule is N#CCCN1CC[C@@H]([P+](c2ccccc2)(c2ccccc2)c2ccccc2)C1=O.[Br-]. The smallest absolute Gasteiger partial charge is 0.264 e. The van der Waals surface area contributed by atoms with Crippen LogP contribution < -0.4 is 32.9 Å². The van der Waals surface area contributed by atoms with E-state index in [-0.39, 0.29) is 28.5 Å². The van der Waals surface area contributed by atoms with Crippen LogP contribution in [0, 0.1) is 11.3 Å². The van der Waals surface area contributed by atoms with E-state index in [0.29, 0.717) is 13.0 Å². The topological polar surface area (TPSA) is 44.1 Å². The molecule has 1 aliphatic rings. The largest absolute Gasteiger partial charge is 1.00 e. The van der Waals surface area contributed by atoms with Crippen LogP contribution in [0.5, 0.6) is 0 Å². The van der Waals surface area contributed by atoms with Crippen LogP contribution in [0.15, 0.2) is 91.0 Å². The molecule has 0 bridgehead atoms. The van der Waals surface area contributed by atoms with Gasteiger partial charge in [0.05, 0.1) is 12.5 Å². The predicted octanol–water partition coefficient (Wildman–Crippen LogP) is 0.499. The lowest BCUT2D eigenvalue weighted by molar-refractivity contribution is -0.127. The minimum Gasteiger partial charge on any atom is -1.00 e. The molecule has 152 valence electrons. The highest BCUT2D eigenvalue weighted by Gasteiger charge is 2.58. The van der Waals surface area contributed by atoms with Crippen molar-refractivity contribution in [3.05, 3.63) is 91.0 Å². The normalized spacial score (nSPS) is 16.0. The number of nitrogens with zero attached hydrogens (tertiary/aromatic N) is 2. The minimum absolute atomic E-state index is 0. The van der Waals surface area contributed by atoms with Crippen molar-refractivity contribution in [1.29, 1.82) is 5.26 Å². The van der Waals surface area contributed by atoms with Crippen LogP contribution in [0.3, 0.4) is 0 Å². The van der Waals surface area contributed by atoms with E-state index in [1.807, 2.05) is 23.1 Å². The highest BCUT2D eigenvalue weighted by Crippen LogP contribution is 2.62. The van der Waals surface area contributed by atoms with Gasteiger partial charge in [-0.3, -0.25) is 4.79 Å². The molecule has 4 rings (SSSR count). The van der Waals surface area contributed by atoms with E-state index in [0.717, 1.165) is 13.0 Å². The molecule has 0 N–H and O–H groups in total. The number of likely N-dealkylation sites (tertiary alicyclic amines) is 1. The average Bonchev–Trinajstić information content (AvgIpc) is 3.16. The van der Waals surface area contributed by atoms with Gasteiger partial charge in [0.1, 0.15) is 23.2 Å². The lowest BCUT2D eigenvalue weighted by atomic mass is 10.3. The van der Waals surface area contributed by atoms with Crippen LogP contribution in [-0.2, 0) is 4.79 Å². The fourth-order valence-electron chi connectivity index (χ4n) is 4.47. The van der Waals surface area contributed by atoms with Gasteiger partial charge in [-0.05, 0) is 36.4 Å². The average molecular weight is 479 g/mol. The summed E-state index contributed by atoms with van der Waals surface area (Å²) in [5.41, 5.74) is -0.103. The fraction of sp³-hybridized carbons (Fsp3) is 0.200. The third-order valence-corrected chi connectivity index (χ3v) is 10.5. The molecule has 3 aromatic rings. The Hall–Kier alpha value is -2.47. The van der Waals surface area contributed by atoms with Gasteiger partial charge in [0.25, 0.3) is 5.91 Å². The minimum atomic E-state index is -2.20. The molecule has 1 aliphatic heterocycles. The van der Waals surface area contributed by atoms with Crippen molar-refractivity contribution in [3.8, 4) is 6.07 Å². The van der Waals surface area contributed by atoms with Gasteiger partial charge in [-0.25, -0.2) is 0 Å². The number of rotatable bonds is 6. The van der Waals surface area contributed by atoms with E-state index in [1.165, 1.54) is 15.9 Å². The van der Waals surface area contributed by atoms with Crippen molar-refractivity contribution in [3.63, 3.8) is 0 Å². The second-order valence-electron chi connectivity index (χ2n) is 7.27. The van der Waals surface area contributed by atoms with Gasteiger partial charge in [0.2, 0.25) is 0 Å². The summed E-state index contributed by atoms with van der Waals surface area (Å²) in [6, 6.07) is 33.8. The number of hydrogen-bond acceptors (Lipinski definition) is 2. The Morgan fingerprint density at radius 2 is 1.27 bits per heavy atom. The maximum atomic E-state index is 13.6. The molecule has 1 amide bonds. The number of benzene rings is 3. The maximum Gasteiger partial charge on any atom is 0.264 e. The number of carbonyl (C=O) groups is 1. The molecule has 0 radical (unpaired) electrons. The van der Waals surface area contributed by atoms with Crippen molar-refractivity contribution in [2.24, 2.45) is 0 Å². The number of carbonyl (C=O) groups excluding carboxylic acids is 1. The Kier molecular flexibility index (Phi) is 7.43. The Morgan fingerprint density at radius 1 is 0.833 bits per heavy atom. The van der Waals surface area contributed by atoms with Gasteiger partial charge in [-0.15, -0.1) is 0 Å². The Labute approximate surface area is 189 Å². The first-order valence-electron chi connectivity index (χ1n) is 10.00. The van der Waals surface area contributed by atoms with Crippen LogP contribution in [0.2, 0.25) is 0 Å². The van der Waals surface area contributed by atoms with Crippen molar-refractivity contribution in [2.45, 2.75) is 18.5 Å². The second kappa shape index (κ2) is 10.0. The zero-order chi connectivity index (χ0) is 20.1. The van der Waals surface area contributed by atoms with Gasteiger partial charge >= 0.3 is 0 Å². The van der Waals surface area contributed by atoms with E-state index < -0.39 is 7.26 Å². The number of hydrogen-bond donors (Lipinski definition) is 0. The first kappa shape index (κ1) is 22.2. The Morgan fingerprint density at radius 3 is 1.67 bits per heavy atom. The van der Waals surface area contributed by atoms with Crippen molar-refractivity contribution in [2.75, 3.05) is 13.1 Å². The molecule has 1 atom stereocenters. The number of nitriles is 1. The van der Waals surface area contributed by atoms with Gasteiger partial charge in [0.15, 0.2) is 5.66 Å². The summed E-state index contributed by atoms with van der Waals surface area (Å²) in [7, 11) is -2.20. The molecule has 3 nitrogen and oxygen atoms in total. The second-order valence-corrected chi connectivity index (χ2v) is 10.9. The monoisotopic (exact) mass is 478 g/mol. The first-order valence-corrected chi connectivity index (χ1v) is 11.9. The molecule has 3 aromatic carbocycles. The summed E-state index contributed by atoms with van der Waals surface area (Å²) < 4.78 is 0. The van der Waals surface area contributed by atoms with Crippen LogP contribution in [-0.4, -0.2) is 29.6 Å². The highest BCUT2D eigenvalue weighted by molar-refractivity contribution is 7.96. The van der Waals surface area contributed by atoms with E-state index >= 15 is 0 Å². The molecule has 0 aliphatic carbocycles. The lowest BCUT2D eigenvalue weighted by Crippen LogP contribution is -3.00. The molecule has 1 saturated heterocycles. The molecule has 0 aromatic heterocycles. The molecule has 30 heavy (non-hydrogen) atoms. The Balaban J connectivity index is 0.00000256. The highest BCUT2D eigenvalue weighted by atomic mass is 79.9.